The molecule has 150 valence electrons. The zero-order chi connectivity index (χ0) is 21.0. The lowest BCUT2D eigenvalue weighted by Crippen LogP contribution is -2.15. The van der Waals surface area contributed by atoms with Crippen molar-refractivity contribution in [2.24, 2.45) is 0 Å². The molecule has 2 aromatic carbocycles. The molecular formula is C19H15Cl2N3O4S. The normalized spacial score (nSPS) is 11.0. The van der Waals surface area contributed by atoms with Crippen LogP contribution in [0.4, 0.5) is 11.4 Å². The molecule has 0 atom stereocenters. The van der Waals surface area contributed by atoms with E-state index in [0.29, 0.717) is 11.3 Å². The summed E-state index contributed by atoms with van der Waals surface area (Å²) in [5.74, 6) is -0.116. The lowest BCUT2D eigenvalue weighted by Gasteiger charge is -2.14. The second-order valence-corrected chi connectivity index (χ2v) is 8.29. The van der Waals surface area contributed by atoms with Gasteiger partial charge in [-0.2, -0.15) is 0 Å². The topological polar surface area (TPSA) is 97.4 Å². The summed E-state index contributed by atoms with van der Waals surface area (Å²) in [5.41, 5.74) is 0.871. The molecule has 1 amide bonds. The summed E-state index contributed by atoms with van der Waals surface area (Å²) < 4.78 is 33.1. The summed E-state index contributed by atoms with van der Waals surface area (Å²) in [6.07, 6.45) is 2.98. The van der Waals surface area contributed by atoms with Crippen molar-refractivity contribution in [1.29, 1.82) is 0 Å². The number of rotatable bonds is 6. The Hall–Kier alpha value is -2.81. The minimum Gasteiger partial charge on any atom is -0.495 e. The Morgan fingerprint density at radius 3 is 2.52 bits per heavy atom. The Morgan fingerprint density at radius 1 is 1.07 bits per heavy atom. The molecule has 0 bridgehead atoms. The first-order chi connectivity index (χ1) is 13.8. The Labute approximate surface area is 177 Å². The van der Waals surface area contributed by atoms with Crippen LogP contribution in [-0.2, 0) is 10.0 Å². The third-order valence-corrected chi connectivity index (χ3v) is 5.93. The Bertz CT molecular complexity index is 1160. The number of carbonyl (C=O) groups is 1. The summed E-state index contributed by atoms with van der Waals surface area (Å²) in [4.78, 5) is 16.1. The van der Waals surface area contributed by atoms with Gasteiger partial charge in [0.1, 0.15) is 5.75 Å². The number of carbonyl (C=O) groups excluding carboxylic acids is 1. The maximum absolute atomic E-state index is 12.7. The average molecular weight is 452 g/mol. The second kappa shape index (κ2) is 8.69. The highest BCUT2D eigenvalue weighted by Gasteiger charge is 2.19. The van der Waals surface area contributed by atoms with Crippen LogP contribution in [0.2, 0.25) is 10.0 Å². The smallest absolute Gasteiger partial charge is 0.262 e. The van der Waals surface area contributed by atoms with Gasteiger partial charge >= 0.3 is 0 Å². The summed E-state index contributed by atoms with van der Waals surface area (Å²) >= 11 is 11.8. The fraction of sp³-hybridized carbons (Fsp3) is 0.0526. The van der Waals surface area contributed by atoms with E-state index in [4.69, 9.17) is 27.9 Å². The van der Waals surface area contributed by atoms with Gasteiger partial charge in [-0.15, -0.1) is 0 Å². The van der Waals surface area contributed by atoms with Crippen LogP contribution in [0, 0.1) is 0 Å². The van der Waals surface area contributed by atoms with E-state index in [9.17, 15) is 13.2 Å². The number of methoxy groups -OCH3 is 1. The third-order valence-electron chi connectivity index (χ3n) is 3.83. The minimum atomic E-state index is -3.98. The minimum absolute atomic E-state index is 0.0706. The molecule has 0 fully saturated rings. The first-order valence-electron chi connectivity index (χ1n) is 8.17. The molecule has 0 aliphatic rings. The zero-order valence-electron chi connectivity index (χ0n) is 15.0. The zero-order valence-corrected chi connectivity index (χ0v) is 17.3. The van der Waals surface area contributed by atoms with Crippen LogP contribution in [0.1, 0.15) is 10.4 Å². The molecule has 1 heterocycles. The maximum atomic E-state index is 12.7. The van der Waals surface area contributed by atoms with Crippen LogP contribution in [0.3, 0.4) is 0 Å². The molecule has 0 radical (unpaired) electrons. The number of halogens is 2. The van der Waals surface area contributed by atoms with Crippen LogP contribution in [0.5, 0.6) is 5.75 Å². The van der Waals surface area contributed by atoms with Gasteiger partial charge in [-0.1, -0.05) is 23.2 Å². The van der Waals surface area contributed by atoms with E-state index < -0.39 is 10.0 Å². The lowest BCUT2D eigenvalue weighted by atomic mass is 10.2. The van der Waals surface area contributed by atoms with Crippen molar-refractivity contribution in [2.45, 2.75) is 4.90 Å². The molecule has 7 nitrogen and oxygen atoms in total. The van der Waals surface area contributed by atoms with Gasteiger partial charge in [-0.3, -0.25) is 14.5 Å². The van der Waals surface area contributed by atoms with Crippen LogP contribution < -0.4 is 14.8 Å². The highest BCUT2D eigenvalue weighted by atomic mass is 35.5. The van der Waals surface area contributed by atoms with Crippen molar-refractivity contribution in [3.63, 3.8) is 0 Å². The largest absolute Gasteiger partial charge is 0.495 e. The molecule has 0 saturated carbocycles. The monoisotopic (exact) mass is 451 g/mol. The van der Waals surface area contributed by atoms with Gasteiger partial charge in [0, 0.05) is 18.1 Å². The Balaban J connectivity index is 1.89. The van der Waals surface area contributed by atoms with Gasteiger partial charge in [0.05, 0.1) is 33.3 Å². The molecular weight excluding hydrogens is 437 g/mol. The fourth-order valence-corrected chi connectivity index (χ4v) is 3.86. The summed E-state index contributed by atoms with van der Waals surface area (Å²) in [6.45, 7) is 0. The van der Waals surface area contributed by atoms with Gasteiger partial charge in [-0.05, 0) is 48.5 Å². The second-order valence-electron chi connectivity index (χ2n) is 5.79. The quantitative estimate of drug-likeness (QED) is 0.576. The number of sulfonamides is 1. The highest BCUT2D eigenvalue weighted by molar-refractivity contribution is 7.92. The highest BCUT2D eigenvalue weighted by Crippen LogP contribution is 2.31. The number of nitrogens with one attached hydrogen (secondary N) is 2. The van der Waals surface area contributed by atoms with Crippen LogP contribution >= 0.6 is 23.2 Å². The van der Waals surface area contributed by atoms with E-state index >= 15 is 0 Å². The summed E-state index contributed by atoms with van der Waals surface area (Å²) in [7, 11) is -2.58. The maximum Gasteiger partial charge on any atom is 0.262 e. The number of hydrogen-bond acceptors (Lipinski definition) is 5. The lowest BCUT2D eigenvalue weighted by molar-refractivity contribution is 0.102. The molecule has 0 aliphatic heterocycles. The molecule has 2 N–H and O–H groups in total. The molecule has 0 unspecified atom stereocenters. The van der Waals surface area contributed by atoms with Gasteiger partial charge in [0.15, 0.2) is 0 Å². The fourth-order valence-electron chi connectivity index (χ4n) is 2.41. The van der Waals surface area contributed by atoms with Gasteiger partial charge < -0.3 is 10.1 Å². The van der Waals surface area contributed by atoms with Crippen LogP contribution in [0.25, 0.3) is 0 Å². The first kappa shape index (κ1) is 20.9. The number of pyridine rings is 1. The van der Waals surface area contributed by atoms with E-state index in [2.05, 4.69) is 15.0 Å². The van der Waals surface area contributed by atoms with E-state index in [-0.39, 0.29) is 32.3 Å². The standard InChI is InChI=1S/C19H15Cl2N3O4S/c1-28-18-7-4-13(23-19(25)12-3-2-8-22-11-12)9-17(18)24-29(26,27)14-5-6-15(20)16(21)10-14/h2-11,24H,1H3,(H,23,25). The Morgan fingerprint density at radius 2 is 1.86 bits per heavy atom. The molecule has 3 aromatic rings. The number of anilines is 2. The van der Waals surface area contributed by atoms with E-state index in [1.807, 2.05) is 0 Å². The molecule has 0 spiro atoms. The van der Waals surface area contributed by atoms with Crippen molar-refractivity contribution in [3.05, 3.63) is 76.5 Å². The predicted octanol–water partition coefficient (Wildman–Crippen LogP) is 4.45. The number of amides is 1. The number of benzene rings is 2. The van der Waals surface area contributed by atoms with E-state index in [0.717, 1.165) is 0 Å². The third kappa shape index (κ3) is 4.97. The van der Waals surface area contributed by atoms with Crippen molar-refractivity contribution in [3.8, 4) is 5.75 Å². The summed E-state index contributed by atoms with van der Waals surface area (Å²) in [5, 5.41) is 3.03. The van der Waals surface area contributed by atoms with E-state index in [1.165, 1.54) is 43.6 Å². The molecule has 0 aliphatic carbocycles. The number of hydrogen-bond donors (Lipinski definition) is 2. The van der Waals surface area contributed by atoms with Crippen molar-refractivity contribution in [2.75, 3.05) is 17.1 Å². The molecule has 10 heteroatoms. The van der Waals surface area contributed by atoms with E-state index in [1.54, 1.807) is 24.4 Å². The molecule has 29 heavy (non-hydrogen) atoms. The number of aromatic nitrogens is 1. The van der Waals surface area contributed by atoms with Crippen LogP contribution in [0.15, 0.2) is 65.8 Å². The molecule has 1 aromatic heterocycles. The Kier molecular flexibility index (Phi) is 6.26. The average Bonchev–Trinajstić information content (AvgIpc) is 2.70. The SMILES string of the molecule is COc1ccc(NC(=O)c2cccnc2)cc1NS(=O)(=O)c1ccc(Cl)c(Cl)c1. The van der Waals surface area contributed by atoms with Crippen molar-refractivity contribution < 1.29 is 17.9 Å². The van der Waals surface area contributed by atoms with Gasteiger partial charge in [0.2, 0.25) is 0 Å². The van der Waals surface area contributed by atoms with Gasteiger partial charge in [-0.25, -0.2) is 8.42 Å². The van der Waals surface area contributed by atoms with Crippen molar-refractivity contribution in [1.82, 2.24) is 4.98 Å². The number of nitrogens with zero attached hydrogens (tertiary/aromatic N) is 1. The number of ether oxygens (including phenoxy) is 1. The first-order valence-corrected chi connectivity index (χ1v) is 10.4. The summed E-state index contributed by atoms with van der Waals surface area (Å²) in [6, 6.07) is 11.8. The molecule has 0 saturated heterocycles. The molecule has 3 rings (SSSR count). The van der Waals surface area contributed by atoms with Crippen LogP contribution in [-0.4, -0.2) is 26.4 Å². The van der Waals surface area contributed by atoms with Gasteiger partial charge in [0.25, 0.3) is 15.9 Å². The predicted molar refractivity (Wildman–Crippen MR) is 112 cm³/mol. The van der Waals surface area contributed by atoms with Crippen molar-refractivity contribution >= 4 is 50.5 Å².